The van der Waals surface area contributed by atoms with E-state index in [9.17, 15) is 0 Å². The second-order valence-corrected chi connectivity index (χ2v) is 5.59. The second kappa shape index (κ2) is 5.87. The highest BCUT2D eigenvalue weighted by molar-refractivity contribution is 6.36. The molecule has 5 nitrogen and oxygen atoms in total. The summed E-state index contributed by atoms with van der Waals surface area (Å²) in [6.07, 6.45) is 6.92. The van der Waals surface area contributed by atoms with Crippen LogP contribution in [0.25, 0.3) is 11.4 Å². The van der Waals surface area contributed by atoms with Gasteiger partial charge in [-0.2, -0.15) is 5.10 Å². The van der Waals surface area contributed by atoms with Crippen molar-refractivity contribution < 1.29 is 0 Å². The molecule has 21 heavy (non-hydrogen) atoms. The third kappa shape index (κ3) is 2.94. The molecule has 0 saturated carbocycles. The molecule has 0 amide bonds. The van der Waals surface area contributed by atoms with Crippen LogP contribution in [-0.4, -0.2) is 24.3 Å². The van der Waals surface area contributed by atoms with Crippen molar-refractivity contribution in [2.45, 2.75) is 19.5 Å². The zero-order valence-electron chi connectivity index (χ0n) is 11.3. The summed E-state index contributed by atoms with van der Waals surface area (Å²) in [6.45, 7) is 2.80. The van der Waals surface area contributed by atoms with Crippen molar-refractivity contribution in [2.24, 2.45) is 0 Å². The van der Waals surface area contributed by atoms with Crippen LogP contribution in [0.1, 0.15) is 13.0 Å². The number of aromatic nitrogens is 5. The summed E-state index contributed by atoms with van der Waals surface area (Å²) in [5, 5.41) is 5.32. The molecular formula is C14H13Cl2N5. The van der Waals surface area contributed by atoms with Crippen molar-refractivity contribution in [3.05, 3.63) is 53.3 Å². The van der Waals surface area contributed by atoms with E-state index in [-0.39, 0.29) is 6.04 Å². The molecule has 0 spiro atoms. The average Bonchev–Trinajstić information content (AvgIpc) is 3.09. The van der Waals surface area contributed by atoms with Crippen LogP contribution in [-0.2, 0) is 6.54 Å². The van der Waals surface area contributed by atoms with Gasteiger partial charge in [-0.3, -0.25) is 4.68 Å². The Balaban J connectivity index is 1.93. The fraction of sp³-hybridized carbons (Fsp3) is 0.214. The van der Waals surface area contributed by atoms with Crippen LogP contribution in [0.4, 0.5) is 0 Å². The topological polar surface area (TPSA) is 48.5 Å². The Bertz CT molecular complexity index is 736. The van der Waals surface area contributed by atoms with Crippen molar-refractivity contribution in [2.75, 3.05) is 0 Å². The lowest BCUT2D eigenvalue weighted by Crippen LogP contribution is -2.14. The molecule has 0 radical (unpaired) electrons. The lowest BCUT2D eigenvalue weighted by atomic mass is 10.2. The average molecular weight is 322 g/mol. The number of rotatable bonds is 4. The van der Waals surface area contributed by atoms with Crippen molar-refractivity contribution in [3.8, 4) is 11.4 Å². The maximum absolute atomic E-state index is 6.28. The molecule has 108 valence electrons. The molecule has 1 aromatic carbocycles. The molecule has 3 rings (SSSR count). The summed E-state index contributed by atoms with van der Waals surface area (Å²) in [5.41, 5.74) is 0.858. The van der Waals surface area contributed by atoms with Gasteiger partial charge in [0.2, 0.25) is 0 Å². The van der Waals surface area contributed by atoms with Gasteiger partial charge in [0, 0.05) is 23.0 Å². The van der Waals surface area contributed by atoms with Gasteiger partial charge in [-0.15, -0.1) is 0 Å². The zero-order valence-corrected chi connectivity index (χ0v) is 12.8. The lowest BCUT2D eigenvalue weighted by molar-refractivity contribution is 0.439. The van der Waals surface area contributed by atoms with E-state index in [1.54, 1.807) is 23.3 Å². The molecule has 0 aliphatic heterocycles. The summed E-state index contributed by atoms with van der Waals surface area (Å²) in [7, 11) is 0. The van der Waals surface area contributed by atoms with Crippen molar-refractivity contribution in [1.29, 1.82) is 0 Å². The molecule has 0 aliphatic carbocycles. The van der Waals surface area contributed by atoms with Gasteiger partial charge in [-0.05, 0) is 25.1 Å². The minimum Gasteiger partial charge on any atom is -0.326 e. The van der Waals surface area contributed by atoms with Gasteiger partial charge in [0.05, 0.1) is 17.6 Å². The van der Waals surface area contributed by atoms with E-state index in [2.05, 4.69) is 26.6 Å². The maximum atomic E-state index is 6.28. The van der Waals surface area contributed by atoms with E-state index in [1.807, 2.05) is 18.3 Å². The third-order valence-electron chi connectivity index (χ3n) is 3.23. The van der Waals surface area contributed by atoms with Crippen molar-refractivity contribution in [1.82, 2.24) is 24.3 Å². The highest BCUT2D eigenvalue weighted by atomic mass is 35.5. The van der Waals surface area contributed by atoms with E-state index in [4.69, 9.17) is 23.2 Å². The summed E-state index contributed by atoms with van der Waals surface area (Å²) in [4.78, 5) is 8.37. The van der Waals surface area contributed by atoms with Crippen LogP contribution in [0, 0.1) is 0 Å². The molecular weight excluding hydrogens is 309 g/mol. The number of nitrogens with zero attached hydrogens (tertiary/aromatic N) is 5. The van der Waals surface area contributed by atoms with E-state index >= 15 is 0 Å². The Kier molecular flexibility index (Phi) is 3.94. The molecule has 0 saturated heterocycles. The summed E-state index contributed by atoms with van der Waals surface area (Å²) < 4.78 is 3.86. The summed E-state index contributed by atoms with van der Waals surface area (Å²) >= 11 is 12.2. The largest absolute Gasteiger partial charge is 0.326 e. The quantitative estimate of drug-likeness (QED) is 0.736. The van der Waals surface area contributed by atoms with Crippen molar-refractivity contribution >= 4 is 23.2 Å². The lowest BCUT2D eigenvalue weighted by Gasteiger charge is -2.17. The number of hydrogen-bond acceptors (Lipinski definition) is 3. The number of benzene rings is 1. The molecule has 3 aromatic rings. The first-order valence-corrected chi connectivity index (χ1v) is 7.21. The molecule has 1 atom stereocenters. The highest BCUT2D eigenvalue weighted by Crippen LogP contribution is 2.30. The molecule has 0 aliphatic rings. The minimum absolute atomic E-state index is 0.163. The SMILES string of the molecule is C[C@@H](Cn1cncn1)n1ccnc1-c1ccc(Cl)cc1Cl. The Hall–Kier alpha value is -1.85. The van der Waals surface area contributed by atoms with Crippen LogP contribution in [0.3, 0.4) is 0 Å². The van der Waals surface area contributed by atoms with Crippen LogP contribution < -0.4 is 0 Å². The van der Waals surface area contributed by atoms with E-state index in [1.165, 1.54) is 6.33 Å². The van der Waals surface area contributed by atoms with Crippen LogP contribution >= 0.6 is 23.2 Å². The summed E-state index contributed by atoms with van der Waals surface area (Å²) in [5.74, 6) is 0.810. The fourth-order valence-corrected chi connectivity index (χ4v) is 2.73. The molecule has 0 fully saturated rings. The third-order valence-corrected chi connectivity index (χ3v) is 3.78. The fourth-order valence-electron chi connectivity index (χ4n) is 2.23. The molecule has 0 N–H and O–H groups in total. The van der Waals surface area contributed by atoms with Gasteiger partial charge in [0.25, 0.3) is 0 Å². The zero-order chi connectivity index (χ0) is 14.8. The molecule has 7 heteroatoms. The minimum atomic E-state index is 0.163. The van der Waals surface area contributed by atoms with Gasteiger partial charge in [0.15, 0.2) is 0 Å². The highest BCUT2D eigenvalue weighted by Gasteiger charge is 2.15. The van der Waals surface area contributed by atoms with E-state index in [0.717, 1.165) is 11.4 Å². The Labute approximate surface area is 132 Å². The predicted molar refractivity (Wildman–Crippen MR) is 82.4 cm³/mol. The number of hydrogen-bond donors (Lipinski definition) is 0. The Morgan fingerprint density at radius 2 is 2.14 bits per heavy atom. The molecule has 0 unspecified atom stereocenters. The smallest absolute Gasteiger partial charge is 0.141 e. The first kappa shape index (κ1) is 14.1. The standard InChI is InChI=1S/C14H13Cl2N5/c1-10(7-20-9-17-8-19-20)21-5-4-18-14(21)12-3-2-11(15)6-13(12)16/h2-6,8-10H,7H2,1H3/t10-/m0/s1. The van der Waals surface area contributed by atoms with Crippen LogP contribution in [0.15, 0.2) is 43.2 Å². The predicted octanol–water partition coefficient (Wildman–Crippen LogP) is 3.71. The normalized spacial score (nSPS) is 12.5. The number of imidazole rings is 1. The van der Waals surface area contributed by atoms with Gasteiger partial charge in [-0.1, -0.05) is 23.2 Å². The Morgan fingerprint density at radius 1 is 1.29 bits per heavy atom. The first-order chi connectivity index (χ1) is 10.1. The second-order valence-electron chi connectivity index (χ2n) is 4.75. The van der Waals surface area contributed by atoms with Crippen LogP contribution in [0.2, 0.25) is 10.0 Å². The molecule has 2 aromatic heterocycles. The van der Waals surface area contributed by atoms with E-state index < -0.39 is 0 Å². The van der Waals surface area contributed by atoms with E-state index in [0.29, 0.717) is 16.6 Å². The monoisotopic (exact) mass is 321 g/mol. The van der Waals surface area contributed by atoms with Crippen LogP contribution in [0.5, 0.6) is 0 Å². The van der Waals surface area contributed by atoms with Gasteiger partial charge in [-0.25, -0.2) is 9.97 Å². The molecule has 2 heterocycles. The first-order valence-electron chi connectivity index (χ1n) is 6.46. The Morgan fingerprint density at radius 3 is 2.86 bits per heavy atom. The van der Waals surface area contributed by atoms with Gasteiger partial charge in [0.1, 0.15) is 18.5 Å². The van der Waals surface area contributed by atoms with Gasteiger partial charge < -0.3 is 4.57 Å². The van der Waals surface area contributed by atoms with Crippen molar-refractivity contribution in [3.63, 3.8) is 0 Å². The maximum Gasteiger partial charge on any atom is 0.141 e. The molecule has 0 bridgehead atoms. The summed E-state index contributed by atoms with van der Waals surface area (Å²) in [6, 6.07) is 5.57. The van der Waals surface area contributed by atoms with Gasteiger partial charge >= 0.3 is 0 Å². The number of halogens is 2.